The van der Waals surface area contributed by atoms with Crippen molar-refractivity contribution in [2.75, 3.05) is 33.3 Å². The number of amides is 3. The van der Waals surface area contributed by atoms with E-state index in [0.717, 1.165) is 32.5 Å². The minimum Gasteiger partial charge on any atom is -0.497 e. The average molecular weight is 476 g/mol. The Hall–Kier alpha value is -3.19. The molecule has 3 amide bonds. The van der Waals surface area contributed by atoms with Gasteiger partial charge in [0.2, 0.25) is 17.7 Å². The lowest BCUT2D eigenvalue weighted by Gasteiger charge is -2.37. The van der Waals surface area contributed by atoms with Crippen LogP contribution in [0.2, 0.25) is 0 Å². The van der Waals surface area contributed by atoms with Gasteiger partial charge in [-0.2, -0.15) is 0 Å². The predicted octanol–water partition coefficient (Wildman–Crippen LogP) is 2.90. The number of hydrogen-bond acceptors (Lipinski definition) is 5. The van der Waals surface area contributed by atoms with Gasteiger partial charge in [0.15, 0.2) is 0 Å². The first-order valence-corrected chi connectivity index (χ1v) is 12.5. The monoisotopic (exact) mass is 475 g/mol. The van der Waals surface area contributed by atoms with Crippen LogP contribution in [0.5, 0.6) is 5.75 Å². The highest BCUT2D eigenvalue weighted by Crippen LogP contribution is 2.44. The molecule has 5 rings (SSSR count). The van der Waals surface area contributed by atoms with Gasteiger partial charge in [0.05, 0.1) is 12.5 Å². The molecule has 7 heteroatoms. The molecular weight excluding hydrogens is 442 g/mol. The summed E-state index contributed by atoms with van der Waals surface area (Å²) in [5.74, 6) is 0.233. The number of aryl methyl sites for hydroxylation is 1. The Balaban J connectivity index is 1.31. The van der Waals surface area contributed by atoms with E-state index >= 15 is 0 Å². The van der Waals surface area contributed by atoms with E-state index in [2.05, 4.69) is 30.0 Å². The molecule has 1 atom stereocenters. The maximum atomic E-state index is 13.7. The highest BCUT2D eigenvalue weighted by Gasteiger charge is 2.57. The third-order valence-electron chi connectivity index (χ3n) is 7.74. The van der Waals surface area contributed by atoms with Crippen LogP contribution < -0.4 is 4.74 Å². The van der Waals surface area contributed by atoms with Gasteiger partial charge in [0.1, 0.15) is 5.75 Å². The molecule has 0 radical (unpaired) electrons. The summed E-state index contributed by atoms with van der Waals surface area (Å²) < 4.78 is 5.28. The minimum atomic E-state index is -1.14. The van der Waals surface area contributed by atoms with Gasteiger partial charge >= 0.3 is 0 Å². The molecule has 0 bridgehead atoms. The molecule has 1 aliphatic carbocycles. The summed E-state index contributed by atoms with van der Waals surface area (Å²) in [5.41, 5.74) is 2.16. The summed E-state index contributed by atoms with van der Waals surface area (Å²) in [6.45, 7) is 5.81. The van der Waals surface area contributed by atoms with Gasteiger partial charge in [0.25, 0.3) is 0 Å². The zero-order valence-corrected chi connectivity index (χ0v) is 20.5. The zero-order valence-electron chi connectivity index (χ0n) is 20.5. The molecule has 2 saturated heterocycles. The van der Waals surface area contributed by atoms with E-state index in [1.165, 1.54) is 16.0 Å². The van der Waals surface area contributed by atoms with Crippen LogP contribution in [-0.4, -0.2) is 71.8 Å². The number of ether oxygens (including phenoxy) is 1. The zero-order chi connectivity index (χ0) is 24.6. The molecule has 2 aromatic rings. The first-order valence-electron chi connectivity index (χ1n) is 12.5. The standard InChI is InChI=1S/C28H33N3O4/c1-20-5-3-4-6-21(20)19-29-13-15-30(16-14-29)25(32)17-28(22-7-11-24(35-2)12-8-22)18-26(33)31(27(28)34)23-9-10-23/h3-8,11-12,23H,9-10,13-19H2,1-2H3/t28-/m1/s1. The number of rotatable bonds is 7. The van der Waals surface area contributed by atoms with Crippen LogP contribution in [0.4, 0.5) is 0 Å². The molecule has 0 unspecified atom stereocenters. The molecule has 1 saturated carbocycles. The quantitative estimate of drug-likeness (QED) is 0.576. The molecule has 0 N–H and O–H groups in total. The Morgan fingerprint density at radius 3 is 2.31 bits per heavy atom. The molecular formula is C28H33N3O4. The summed E-state index contributed by atoms with van der Waals surface area (Å²) in [7, 11) is 1.59. The molecule has 3 fully saturated rings. The van der Waals surface area contributed by atoms with Gasteiger partial charge in [-0.25, -0.2) is 0 Å². The van der Waals surface area contributed by atoms with Crippen LogP contribution in [0.3, 0.4) is 0 Å². The number of carbonyl (C=O) groups excluding carboxylic acids is 3. The minimum absolute atomic E-state index is 0.00443. The summed E-state index contributed by atoms with van der Waals surface area (Å²) in [5, 5.41) is 0. The maximum absolute atomic E-state index is 13.7. The highest BCUT2D eigenvalue weighted by molar-refractivity contribution is 6.11. The SMILES string of the molecule is COc1ccc([C@@]2(CC(=O)N3CCN(Cc4ccccc4C)CC3)CC(=O)N(C3CC3)C2=O)cc1. The van der Waals surface area contributed by atoms with Gasteiger partial charge in [0, 0.05) is 51.6 Å². The van der Waals surface area contributed by atoms with Crippen molar-refractivity contribution in [1.82, 2.24) is 14.7 Å². The van der Waals surface area contributed by atoms with Gasteiger partial charge in [-0.15, -0.1) is 0 Å². The first kappa shape index (κ1) is 23.5. The van der Waals surface area contributed by atoms with Crippen molar-refractivity contribution < 1.29 is 19.1 Å². The molecule has 2 heterocycles. The molecule has 2 aromatic carbocycles. The number of imide groups is 1. The molecule has 3 aliphatic rings. The Morgan fingerprint density at radius 2 is 1.69 bits per heavy atom. The molecule has 0 aromatic heterocycles. The van der Waals surface area contributed by atoms with Gasteiger partial charge in [-0.3, -0.25) is 24.2 Å². The van der Waals surface area contributed by atoms with E-state index < -0.39 is 5.41 Å². The smallest absolute Gasteiger partial charge is 0.241 e. The fraction of sp³-hybridized carbons (Fsp3) is 0.464. The predicted molar refractivity (Wildman–Crippen MR) is 132 cm³/mol. The van der Waals surface area contributed by atoms with Crippen molar-refractivity contribution in [3.8, 4) is 5.75 Å². The van der Waals surface area contributed by atoms with Crippen LogP contribution in [0.25, 0.3) is 0 Å². The third kappa shape index (κ3) is 4.57. The van der Waals surface area contributed by atoms with Crippen LogP contribution in [0.1, 0.15) is 42.4 Å². The molecule has 35 heavy (non-hydrogen) atoms. The number of hydrogen-bond donors (Lipinski definition) is 0. The van der Waals surface area contributed by atoms with Gasteiger partial charge in [-0.1, -0.05) is 36.4 Å². The Kier molecular flexibility index (Phi) is 6.36. The highest BCUT2D eigenvalue weighted by atomic mass is 16.5. The molecule has 7 nitrogen and oxygen atoms in total. The topological polar surface area (TPSA) is 70.2 Å². The molecule has 0 spiro atoms. The van der Waals surface area contributed by atoms with E-state index in [0.29, 0.717) is 24.4 Å². The maximum Gasteiger partial charge on any atom is 0.241 e. The van der Waals surface area contributed by atoms with Crippen LogP contribution in [0, 0.1) is 6.92 Å². The first-order chi connectivity index (χ1) is 16.9. The van der Waals surface area contributed by atoms with Crippen LogP contribution in [-0.2, 0) is 26.3 Å². The Morgan fingerprint density at radius 1 is 1.00 bits per heavy atom. The van der Waals surface area contributed by atoms with E-state index in [4.69, 9.17) is 4.74 Å². The number of benzene rings is 2. The number of nitrogens with zero attached hydrogens (tertiary/aromatic N) is 3. The second kappa shape index (κ2) is 9.46. The van der Waals surface area contributed by atoms with Crippen molar-refractivity contribution in [1.29, 1.82) is 0 Å². The second-order valence-electron chi connectivity index (χ2n) is 10.0. The van der Waals surface area contributed by atoms with E-state index in [-0.39, 0.29) is 36.6 Å². The van der Waals surface area contributed by atoms with Gasteiger partial charge in [-0.05, 0) is 48.6 Å². The van der Waals surface area contributed by atoms with E-state index in [9.17, 15) is 14.4 Å². The Labute approximate surface area is 206 Å². The average Bonchev–Trinajstić information content (AvgIpc) is 3.67. The fourth-order valence-corrected chi connectivity index (χ4v) is 5.39. The van der Waals surface area contributed by atoms with Gasteiger partial charge < -0.3 is 9.64 Å². The summed E-state index contributed by atoms with van der Waals surface area (Å²) in [6.07, 6.45) is 1.78. The van der Waals surface area contributed by atoms with Crippen molar-refractivity contribution >= 4 is 17.7 Å². The number of likely N-dealkylation sites (tertiary alicyclic amines) is 1. The summed E-state index contributed by atoms with van der Waals surface area (Å²) >= 11 is 0. The molecule has 2 aliphatic heterocycles. The van der Waals surface area contributed by atoms with Crippen LogP contribution in [0.15, 0.2) is 48.5 Å². The largest absolute Gasteiger partial charge is 0.497 e. The van der Waals surface area contributed by atoms with Crippen molar-refractivity contribution in [2.24, 2.45) is 0 Å². The van der Waals surface area contributed by atoms with E-state index in [1.54, 1.807) is 19.2 Å². The fourth-order valence-electron chi connectivity index (χ4n) is 5.39. The van der Waals surface area contributed by atoms with Crippen molar-refractivity contribution in [3.63, 3.8) is 0 Å². The number of methoxy groups -OCH3 is 1. The van der Waals surface area contributed by atoms with E-state index in [1.807, 2.05) is 23.1 Å². The normalized spacial score (nSPS) is 23.1. The Bertz CT molecular complexity index is 1120. The van der Waals surface area contributed by atoms with Crippen molar-refractivity contribution in [2.45, 2.75) is 50.6 Å². The number of piperazine rings is 1. The summed E-state index contributed by atoms with van der Waals surface area (Å²) in [6, 6.07) is 15.6. The van der Waals surface area contributed by atoms with Crippen molar-refractivity contribution in [3.05, 3.63) is 65.2 Å². The van der Waals surface area contributed by atoms with Crippen LogP contribution >= 0.6 is 0 Å². The lowest BCUT2D eigenvalue weighted by atomic mass is 9.75. The lowest BCUT2D eigenvalue weighted by molar-refractivity contribution is -0.143. The molecule has 184 valence electrons. The number of carbonyl (C=O) groups is 3. The second-order valence-corrected chi connectivity index (χ2v) is 10.0. The summed E-state index contributed by atoms with van der Waals surface area (Å²) in [4.78, 5) is 45.8. The third-order valence-corrected chi connectivity index (χ3v) is 7.74. The lowest BCUT2D eigenvalue weighted by Crippen LogP contribution is -2.50.